The molecule has 0 saturated carbocycles. The van der Waals surface area contributed by atoms with Gasteiger partial charge in [-0.05, 0) is 41.0 Å². The fourth-order valence-electron chi connectivity index (χ4n) is 2.80. The zero-order valence-electron chi connectivity index (χ0n) is 15.0. The molecular weight excluding hydrogens is 434 g/mol. The Balaban J connectivity index is 1.38. The lowest BCUT2D eigenvalue weighted by Gasteiger charge is -2.08. The molecule has 140 valence electrons. The molecule has 1 heterocycles. The fourth-order valence-corrected chi connectivity index (χ4v) is 3.85. The van der Waals surface area contributed by atoms with Crippen LogP contribution in [0.2, 0.25) is 0 Å². The third kappa shape index (κ3) is 4.82. The van der Waals surface area contributed by atoms with E-state index in [-0.39, 0.29) is 0 Å². The summed E-state index contributed by atoms with van der Waals surface area (Å²) in [4.78, 5) is 0. The average molecular weight is 452 g/mol. The Morgan fingerprint density at radius 1 is 0.857 bits per heavy atom. The number of nitrogens with one attached hydrogen (secondary N) is 1. The van der Waals surface area contributed by atoms with Crippen LogP contribution in [-0.2, 0) is 12.3 Å². The van der Waals surface area contributed by atoms with Crippen LogP contribution < -0.4 is 5.32 Å². The molecule has 1 aromatic heterocycles. The van der Waals surface area contributed by atoms with Crippen LogP contribution >= 0.6 is 27.7 Å². The first-order chi connectivity index (χ1) is 13.8. The molecule has 6 heteroatoms. The van der Waals surface area contributed by atoms with Crippen molar-refractivity contribution in [3.63, 3.8) is 0 Å². The number of hydrogen-bond donors (Lipinski definition) is 1. The minimum Gasteiger partial charge on any atom is -0.414 e. The molecule has 0 amide bonds. The normalized spacial score (nSPS) is 10.8. The number of hydrogen-bond acceptors (Lipinski definition) is 5. The zero-order chi connectivity index (χ0) is 19.2. The van der Waals surface area contributed by atoms with Crippen LogP contribution in [0.15, 0.2) is 93.0 Å². The van der Waals surface area contributed by atoms with Crippen molar-refractivity contribution in [2.75, 3.05) is 5.32 Å². The number of anilines is 1. The number of nitrogens with zero attached hydrogens (tertiary/aromatic N) is 2. The van der Waals surface area contributed by atoms with Crippen LogP contribution in [0.25, 0.3) is 11.1 Å². The molecule has 0 unspecified atom stereocenters. The van der Waals surface area contributed by atoms with Gasteiger partial charge in [-0.1, -0.05) is 82.3 Å². The first kappa shape index (κ1) is 18.8. The van der Waals surface area contributed by atoms with Gasteiger partial charge in [-0.2, -0.15) is 0 Å². The van der Waals surface area contributed by atoms with E-state index in [2.05, 4.69) is 80.0 Å². The van der Waals surface area contributed by atoms with E-state index in [0.29, 0.717) is 17.7 Å². The minimum atomic E-state index is 0.496. The quantitative estimate of drug-likeness (QED) is 0.329. The molecule has 0 bridgehead atoms. The first-order valence-corrected chi connectivity index (χ1v) is 10.6. The van der Waals surface area contributed by atoms with E-state index >= 15 is 0 Å². The van der Waals surface area contributed by atoms with E-state index in [4.69, 9.17) is 4.42 Å². The standard InChI is InChI=1S/C22H18BrN3OS/c23-18-10-12-19(13-11-18)24-14-21-25-26-22(27-21)28-15-17-8-4-5-9-20(17)16-6-2-1-3-7-16/h1-13,24H,14-15H2. The van der Waals surface area contributed by atoms with Crippen molar-refractivity contribution in [2.24, 2.45) is 0 Å². The molecule has 0 aliphatic carbocycles. The van der Waals surface area contributed by atoms with Gasteiger partial charge in [-0.15, -0.1) is 10.2 Å². The summed E-state index contributed by atoms with van der Waals surface area (Å²) < 4.78 is 6.81. The van der Waals surface area contributed by atoms with Crippen LogP contribution in [0.1, 0.15) is 11.5 Å². The maximum absolute atomic E-state index is 5.77. The van der Waals surface area contributed by atoms with Crippen LogP contribution in [0.4, 0.5) is 5.69 Å². The van der Waals surface area contributed by atoms with Crippen LogP contribution in [0.3, 0.4) is 0 Å². The zero-order valence-corrected chi connectivity index (χ0v) is 17.4. The molecule has 0 atom stereocenters. The van der Waals surface area contributed by atoms with Crippen molar-refractivity contribution in [1.82, 2.24) is 10.2 Å². The molecule has 0 fully saturated rings. The number of thioether (sulfide) groups is 1. The second kappa shape index (κ2) is 9.08. The first-order valence-electron chi connectivity index (χ1n) is 8.86. The highest BCUT2D eigenvalue weighted by Crippen LogP contribution is 2.29. The Morgan fingerprint density at radius 3 is 2.43 bits per heavy atom. The molecular formula is C22H18BrN3OS. The van der Waals surface area contributed by atoms with Crippen molar-refractivity contribution in [2.45, 2.75) is 17.5 Å². The maximum atomic E-state index is 5.77. The summed E-state index contributed by atoms with van der Waals surface area (Å²) in [7, 11) is 0. The number of aromatic nitrogens is 2. The Kier molecular flexibility index (Phi) is 6.09. The van der Waals surface area contributed by atoms with E-state index in [1.165, 1.54) is 16.7 Å². The Labute approximate surface area is 176 Å². The molecule has 0 aliphatic rings. The molecule has 1 N–H and O–H groups in total. The monoisotopic (exact) mass is 451 g/mol. The predicted molar refractivity (Wildman–Crippen MR) is 117 cm³/mol. The second-order valence-corrected chi connectivity index (χ2v) is 7.98. The summed E-state index contributed by atoms with van der Waals surface area (Å²) in [6.45, 7) is 0.496. The smallest absolute Gasteiger partial charge is 0.276 e. The molecule has 0 saturated heterocycles. The number of halogens is 1. The third-order valence-corrected chi connectivity index (χ3v) is 5.59. The average Bonchev–Trinajstić information content (AvgIpc) is 3.21. The topological polar surface area (TPSA) is 51.0 Å². The molecule has 4 rings (SSSR count). The van der Waals surface area contributed by atoms with E-state index in [0.717, 1.165) is 15.9 Å². The van der Waals surface area contributed by atoms with Gasteiger partial charge in [0.05, 0.1) is 6.54 Å². The van der Waals surface area contributed by atoms with Crippen LogP contribution in [-0.4, -0.2) is 10.2 Å². The van der Waals surface area contributed by atoms with Crippen molar-refractivity contribution in [1.29, 1.82) is 0 Å². The third-order valence-electron chi connectivity index (χ3n) is 4.19. The van der Waals surface area contributed by atoms with Gasteiger partial charge in [0.1, 0.15) is 0 Å². The Morgan fingerprint density at radius 2 is 1.61 bits per heavy atom. The summed E-state index contributed by atoms with van der Waals surface area (Å²) >= 11 is 4.98. The summed E-state index contributed by atoms with van der Waals surface area (Å²) in [5.74, 6) is 1.34. The van der Waals surface area contributed by atoms with Gasteiger partial charge in [-0.25, -0.2) is 0 Å². The van der Waals surface area contributed by atoms with E-state index in [1.54, 1.807) is 11.8 Å². The fraction of sp³-hybridized carbons (Fsp3) is 0.0909. The summed E-state index contributed by atoms with van der Waals surface area (Å²) in [5, 5.41) is 12.1. The highest BCUT2D eigenvalue weighted by atomic mass is 79.9. The lowest BCUT2D eigenvalue weighted by molar-refractivity contribution is 0.418. The van der Waals surface area contributed by atoms with Gasteiger partial charge in [0.2, 0.25) is 5.89 Å². The van der Waals surface area contributed by atoms with Gasteiger partial charge in [0, 0.05) is 15.9 Å². The second-order valence-electron chi connectivity index (χ2n) is 6.13. The van der Waals surface area contributed by atoms with E-state index < -0.39 is 0 Å². The maximum Gasteiger partial charge on any atom is 0.276 e. The van der Waals surface area contributed by atoms with Crippen molar-refractivity contribution >= 4 is 33.4 Å². The van der Waals surface area contributed by atoms with Crippen molar-refractivity contribution < 1.29 is 4.42 Å². The molecule has 3 aromatic carbocycles. The Hall–Kier alpha value is -2.57. The van der Waals surface area contributed by atoms with Crippen molar-refractivity contribution in [3.8, 4) is 11.1 Å². The summed E-state index contributed by atoms with van der Waals surface area (Å²) in [5.41, 5.74) is 4.69. The van der Waals surface area contributed by atoms with Crippen molar-refractivity contribution in [3.05, 3.63) is 94.8 Å². The van der Waals surface area contributed by atoms with Gasteiger partial charge < -0.3 is 9.73 Å². The lowest BCUT2D eigenvalue weighted by Crippen LogP contribution is -1.99. The molecule has 28 heavy (non-hydrogen) atoms. The highest BCUT2D eigenvalue weighted by Gasteiger charge is 2.10. The largest absolute Gasteiger partial charge is 0.414 e. The lowest BCUT2D eigenvalue weighted by atomic mass is 10.0. The molecule has 4 aromatic rings. The van der Waals surface area contributed by atoms with Gasteiger partial charge in [0.15, 0.2) is 0 Å². The highest BCUT2D eigenvalue weighted by molar-refractivity contribution is 9.10. The van der Waals surface area contributed by atoms with Crippen LogP contribution in [0.5, 0.6) is 0 Å². The molecule has 0 radical (unpaired) electrons. The Bertz CT molecular complexity index is 1040. The van der Waals surface area contributed by atoms with Crippen LogP contribution in [0, 0.1) is 0 Å². The molecule has 0 aliphatic heterocycles. The SMILES string of the molecule is Brc1ccc(NCc2nnc(SCc3ccccc3-c3ccccc3)o2)cc1. The summed E-state index contributed by atoms with van der Waals surface area (Å²) in [6, 6.07) is 26.8. The molecule has 0 spiro atoms. The summed E-state index contributed by atoms with van der Waals surface area (Å²) in [6.07, 6.45) is 0. The number of benzene rings is 3. The van der Waals surface area contributed by atoms with Gasteiger partial charge in [0.25, 0.3) is 5.22 Å². The van der Waals surface area contributed by atoms with Gasteiger partial charge >= 0.3 is 0 Å². The number of rotatable bonds is 7. The minimum absolute atomic E-state index is 0.496. The predicted octanol–water partition coefficient (Wildman–Crippen LogP) is 6.40. The van der Waals surface area contributed by atoms with Gasteiger partial charge in [-0.3, -0.25) is 0 Å². The molecule has 4 nitrogen and oxygen atoms in total. The van der Waals surface area contributed by atoms with E-state index in [1.807, 2.05) is 30.3 Å². The van der Waals surface area contributed by atoms with E-state index in [9.17, 15) is 0 Å².